The van der Waals surface area contributed by atoms with Crippen LogP contribution in [-0.2, 0) is 17.1 Å². The van der Waals surface area contributed by atoms with Gasteiger partial charge in [-0.1, -0.05) is 18.2 Å². The molecule has 0 unspecified atom stereocenters. The average Bonchev–Trinajstić information content (AvgIpc) is 4.06. The molecule has 8 nitrogen and oxygen atoms in total. The number of allylic oxidation sites excluding steroid dienone is 8. The van der Waals surface area contributed by atoms with Gasteiger partial charge in [-0.25, -0.2) is 9.97 Å². The molecule has 1 radical (unpaired) electrons. The van der Waals surface area contributed by atoms with Gasteiger partial charge in [-0.05, 0) is 154 Å². The Kier molecular flexibility index (Phi) is 11.0. The SMILES string of the molecule is CCN1C=CC=C(c2c(C3=CC=CN(CC)C3)c3c(C4=CC=CN(CC)C4)c4nc(cc5ccc(cc6nc(cc2n3C2=CC=CN(CC)C2)C=C6)[nH]5)C=C4)C1.[Mn]. The second kappa shape index (κ2) is 16.4. The smallest absolute Gasteiger partial charge is 0.0734 e. The Balaban J connectivity index is 0.00000455. The summed E-state index contributed by atoms with van der Waals surface area (Å²) in [7, 11) is 0. The number of fused-ring (bicyclic) bond motifs is 8. The van der Waals surface area contributed by atoms with Gasteiger partial charge in [-0.3, -0.25) is 0 Å². The fraction of sp³-hybridized carbons (Fsp3) is 0.250. The maximum absolute atomic E-state index is 5.46. The normalized spacial score (nSPS) is 17.2. The molecular weight excluding hydrogens is 744 g/mol. The molecule has 0 spiro atoms. The number of hydrogen-bond acceptors (Lipinski definition) is 6. The van der Waals surface area contributed by atoms with Gasteiger partial charge in [0.05, 0.1) is 40.4 Å². The minimum atomic E-state index is 0. The van der Waals surface area contributed by atoms with E-state index in [4.69, 9.17) is 9.97 Å². The summed E-state index contributed by atoms with van der Waals surface area (Å²) >= 11 is 0. The van der Waals surface area contributed by atoms with Gasteiger partial charge in [-0.2, -0.15) is 0 Å². The van der Waals surface area contributed by atoms with E-state index in [0.717, 1.165) is 97.2 Å². The van der Waals surface area contributed by atoms with E-state index >= 15 is 0 Å². The maximum Gasteiger partial charge on any atom is 0.0734 e. The number of aromatic amines is 1. The fourth-order valence-corrected chi connectivity index (χ4v) is 8.45. The van der Waals surface area contributed by atoms with E-state index < -0.39 is 0 Å². The van der Waals surface area contributed by atoms with Gasteiger partial charge in [-0.15, -0.1) is 0 Å². The van der Waals surface area contributed by atoms with Crippen LogP contribution in [-0.4, -0.2) is 91.5 Å². The number of rotatable bonds is 8. The Bertz CT molecular complexity index is 2560. The third-order valence-electron chi connectivity index (χ3n) is 11.4. The Morgan fingerprint density at radius 2 is 1.00 bits per heavy atom. The van der Waals surface area contributed by atoms with Gasteiger partial charge in [0.15, 0.2) is 0 Å². The third-order valence-corrected chi connectivity index (χ3v) is 11.4. The second-order valence-corrected chi connectivity index (χ2v) is 14.9. The van der Waals surface area contributed by atoms with E-state index in [1.54, 1.807) is 0 Å². The first kappa shape index (κ1) is 38.1. The summed E-state index contributed by atoms with van der Waals surface area (Å²) in [6, 6.07) is 10.8. The van der Waals surface area contributed by atoms with Crippen LogP contribution >= 0.6 is 0 Å². The molecule has 289 valence electrons. The van der Waals surface area contributed by atoms with Crippen molar-refractivity contribution in [1.82, 2.24) is 39.1 Å². The van der Waals surface area contributed by atoms with E-state index in [0.29, 0.717) is 0 Å². The quantitative estimate of drug-likeness (QED) is 0.158. The molecule has 1 N–H and O–H groups in total. The molecule has 6 aliphatic heterocycles. The van der Waals surface area contributed by atoms with Crippen molar-refractivity contribution in [2.75, 3.05) is 52.4 Å². The van der Waals surface area contributed by atoms with Crippen LogP contribution in [0.4, 0.5) is 0 Å². The molecular formula is C48H50MnN8. The molecule has 0 saturated carbocycles. The molecule has 3 aromatic rings. The predicted molar refractivity (Wildman–Crippen MR) is 236 cm³/mol. The number of nitrogens with zero attached hydrogens (tertiary/aromatic N) is 7. The average molecular weight is 794 g/mol. The Morgan fingerprint density at radius 3 is 1.58 bits per heavy atom. The van der Waals surface area contributed by atoms with E-state index in [9.17, 15) is 0 Å². The van der Waals surface area contributed by atoms with Crippen molar-refractivity contribution in [1.29, 1.82) is 0 Å². The summed E-state index contributed by atoms with van der Waals surface area (Å²) < 4.78 is 2.57. The summed E-state index contributed by atoms with van der Waals surface area (Å²) in [5, 5.41) is 0. The molecule has 0 aromatic carbocycles. The number of hydrogen-bond donors (Lipinski definition) is 1. The first-order valence-corrected chi connectivity index (χ1v) is 20.2. The zero-order valence-corrected chi connectivity index (χ0v) is 34.5. The summed E-state index contributed by atoms with van der Waals surface area (Å²) in [4.78, 5) is 23.9. The van der Waals surface area contributed by atoms with Crippen molar-refractivity contribution in [2.45, 2.75) is 27.7 Å². The van der Waals surface area contributed by atoms with Gasteiger partial charge >= 0.3 is 0 Å². The maximum atomic E-state index is 5.46. The Hall–Kier alpha value is -5.76. The van der Waals surface area contributed by atoms with E-state index in [2.05, 4.69) is 185 Å². The largest absolute Gasteiger partial charge is 0.373 e. The van der Waals surface area contributed by atoms with Crippen LogP contribution in [0.1, 0.15) is 67.2 Å². The predicted octanol–water partition coefficient (Wildman–Crippen LogP) is 9.51. The third kappa shape index (κ3) is 7.45. The molecule has 57 heavy (non-hydrogen) atoms. The van der Waals surface area contributed by atoms with E-state index in [1.807, 2.05) is 0 Å². The fourth-order valence-electron chi connectivity index (χ4n) is 8.45. The minimum absolute atomic E-state index is 0. The monoisotopic (exact) mass is 793 g/mol. The summed E-state index contributed by atoms with van der Waals surface area (Å²) in [5.41, 5.74) is 16.8. The van der Waals surface area contributed by atoms with Crippen LogP contribution < -0.4 is 0 Å². The summed E-state index contributed by atoms with van der Waals surface area (Å²) in [6.07, 6.45) is 35.7. The number of nitrogens with one attached hydrogen (secondary N) is 1. The molecule has 9 rings (SSSR count). The van der Waals surface area contributed by atoms with Crippen LogP contribution in [0.25, 0.3) is 68.8 Å². The van der Waals surface area contributed by atoms with Crippen molar-refractivity contribution in [3.63, 3.8) is 0 Å². The van der Waals surface area contributed by atoms with Gasteiger partial charge in [0.1, 0.15) is 0 Å². The van der Waals surface area contributed by atoms with Gasteiger partial charge in [0.25, 0.3) is 0 Å². The standard InChI is InChI=1S/C48H50N8.Mn/c1-5-52-23-9-13-34(30-52)45-43-22-21-40(51-43)28-39-18-17-37(49-39)27-38-19-20-41(50-38)29-44-46(35-14-10-24-53(6-2)31-35)47(36-15-11-25-54(7-3)32-36)48(45)56(44)42-16-12-26-55(8-4)33-42;/h9-29,49H,5-8,30-33H2,1-4H3;. The van der Waals surface area contributed by atoms with Gasteiger partial charge in [0.2, 0.25) is 0 Å². The van der Waals surface area contributed by atoms with Crippen LogP contribution in [0.5, 0.6) is 0 Å². The van der Waals surface area contributed by atoms with Crippen LogP contribution in [0.2, 0.25) is 0 Å². The van der Waals surface area contributed by atoms with Crippen LogP contribution in [0.3, 0.4) is 0 Å². The molecule has 9 heterocycles. The van der Waals surface area contributed by atoms with Crippen molar-refractivity contribution < 1.29 is 17.1 Å². The molecule has 3 aromatic heterocycles. The first-order valence-electron chi connectivity index (χ1n) is 20.2. The molecule has 0 aliphatic carbocycles. The second-order valence-electron chi connectivity index (χ2n) is 14.9. The molecule has 6 aliphatic rings. The van der Waals surface area contributed by atoms with Crippen LogP contribution in [0, 0.1) is 0 Å². The molecule has 0 amide bonds. The molecule has 0 saturated heterocycles. The van der Waals surface area contributed by atoms with Crippen molar-refractivity contribution in [3.8, 4) is 0 Å². The Morgan fingerprint density at radius 1 is 0.526 bits per heavy atom. The number of likely N-dealkylation sites (N-methyl/N-ethyl adjacent to an activating group) is 4. The van der Waals surface area contributed by atoms with E-state index in [-0.39, 0.29) is 17.1 Å². The zero-order valence-electron chi connectivity index (χ0n) is 33.3. The van der Waals surface area contributed by atoms with E-state index in [1.165, 1.54) is 39.1 Å². The number of H-pyrrole nitrogens is 1. The molecule has 8 bridgehead atoms. The minimum Gasteiger partial charge on any atom is -0.373 e. The molecule has 9 heteroatoms. The molecule has 0 fully saturated rings. The van der Waals surface area contributed by atoms with Crippen LogP contribution in [0.15, 0.2) is 104 Å². The Labute approximate surface area is 346 Å². The topological polar surface area (TPSA) is 59.5 Å². The van der Waals surface area contributed by atoms with Gasteiger partial charge < -0.3 is 29.2 Å². The van der Waals surface area contributed by atoms with Crippen molar-refractivity contribution in [3.05, 3.63) is 143 Å². The van der Waals surface area contributed by atoms with Crippen molar-refractivity contribution >= 4 is 68.8 Å². The van der Waals surface area contributed by atoms with Crippen molar-refractivity contribution in [2.24, 2.45) is 0 Å². The number of aromatic nitrogens is 4. The summed E-state index contributed by atoms with van der Waals surface area (Å²) in [5.74, 6) is 0. The summed E-state index contributed by atoms with van der Waals surface area (Å²) in [6.45, 7) is 15.8. The molecule has 0 atom stereocenters. The first-order chi connectivity index (χ1) is 27.5. The van der Waals surface area contributed by atoms with Gasteiger partial charge in [0, 0.05) is 96.3 Å². The zero-order chi connectivity index (χ0) is 38.2.